The zero-order valence-electron chi connectivity index (χ0n) is 11.6. The van der Waals surface area contributed by atoms with Crippen molar-refractivity contribution in [3.63, 3.8) is 0 Å². The summed E-state index contributed by atoms with van der Waals surface area (Å²) in [5.41, 5.74) is 3.66. The van der Waals surface area contributed by atoms with E-state index < -0.39 is 5.60 Å². The molecule has 0 amide bonds. The van der Waals surface area contributed by atoms with Crippen LogP contribution in [-0.4, -0.2) is 14.9 Å². The molecular formula is C16H20N2O. The van der Waals surface area contributed by atoms with Gasteiger partial charge in [-0.15, -0.1) is 0 Å². The van der Waals surface area contributed by atoms with Crippen LogP contribution in [0.5, 0.6) is 0 Å². The maximum atomic E-state index is 10.8. The summed E-state index contributed by atoms with van der Waals surface area (Å²) in [5.74, 6) is 0. The van der Waals surface area contributed by atoms with Gasteiger partial charge in [0.15, 0.2) is 0 Å². The highest BCUT2D eigenvalue weighted by molar-refractivity contribution is 5.40. The highest BCUT2D eigenvalue weighted by Crippen LogP contribution is 2.32. The number of rotatable bonds is 2. The van der Waals surface area contributed by atoms with E-state index in [2.05, 4.69) is 23.3 Å². The Morgan fingerprint density at radius 3 is 2.58 bits per heavy atom. The van der Waals surface area contributed by atoms with Crippen LogP contribution >= 0.6 is 0 Å². The zero-order chi connectivity index (χ0) is 13.5. The van der Waals surface area contributed by atoms with Crippen LogP contribution in [0.25, 0.3) is 0 Å². The number of aromatic nitrogens is 2. The molecule has 0 bridgehead atoms. The fraction of sp³-hybridized carbons (Fsp3) is 0.438. The topological polar surface area (TPSA) is 38.0 Å². The third-order valence-corrected chi connectivity index (χ3v) is 4.18. The molecule has 1 aliphatic rings. The number of hydrogen-bond donors (Lipinski definition) is 1. The summed E-state index contributed by atoms with van der Waals surface area (Å²) in [6.07, 6.45) is 8.45. The second-order valence-electron chi connectivity index (χ2n) is 5.67. The van der Waals surface area contributed by atoms with Crippen LogP contribution in [0.2, 0.25) is 0 Å². The van der Waals surface area contributed by atoms with Gasteiger partial charge in [-0.1, -0.05) is 18.2 Å². The molecule has 3 rings (SSSR count). The molecule has 0 saturated heterocycles. The van der Waals surface area contributed by atoms with Gasteiger partial charge in [0, 0.05) is 18.8 Å². The molecule has 0 radical (unpaired) electrons. The molecule has 1 aliphatic carbocycles. The van der Waals surface area contributed by atoms with Gasteiger partial charge < -0.3 is 5.11 Å². The minimum Gasteiger partial charge on any atom is -0.381 e. The monoisotopic (exact) mass is 256 g/mol. The molecule has 19 heavy (non-hydrogen) atoms. The molecule has 2 aromatic rings. The lowest BCUT2D eigenvalue weighted by Gasteiger charge is -2.25. The van der Waals surface area contributed by atoms with Crippen molar-refractivity contribution >= 4 is 0 Å². The largest absolute Gasteiger partial charge is 0.381 e. The molecule has 0 saturated carbocycles. The van der Waals surface area contributed by atoms with E-state index in [1.807, 2.05) is 20.2 Å². The first-order valence-corrected chi connectivity index (χ1v) is 6.91. The average Bonchev–Trinajstić information content (AvgIpc) is 2.85. The van der Waals surface area contributed by atoms with E-state index in [0.717, 1.165) is 17.5 Å². The van der Waals surface area contributed by atoms with Crippen LogP contribution in [0.4, 0.5) is 0 Å². The second-order valence-corrected chi connectivity index (χ2v) is 5.67. The molecule has 3 heteroatoms. The fourth-order valence-corrected chi connectivity index (χ4v) is 2.88. The lowest BCUT2D eigenvalue weighted by atomic mass is 9.84. The van der Waals surface area contributed by atoms with E-state index in [-0.39, 0.29) is 0 Å². The standard InChI is InChI=1S/C16H20N2O/c1-16(19,15-10-17-18(2)11-15)14-8-7-12-5-3-4-6-13(12)9-14/h7-11,19H,3-6H2,1-2H3. The summed E-state index contributed by atoms with van der Waals surface area (Å²) < 4.78 is 1.72. The van der Waals surface area contributed by atoms with Crippen molar-refractivity contribution < 1.29 is 5.11 Å². The third-order valence-electron chi connectivity index (χ3n) is 4.18. The molecule has 1 atom stereocenters. The molecule has 1 heterocycles. The molecule has 1 unspecified atom stereocenters. The second kappa shape index (κ2) is 4.49. The maximum absolute atomic E-state index is 10.8. The Morgan fingerprint density at radius 2 is 1.89 bits per heavy atom. The quantitative estimate of drug-likeness (QED) is 0.896. The van der Waals surface area contributed by atoms with Crippen molar-refractivity contribution in [3.8, 4) is 0 Å². The van der Waals surface area contributed by atoms with Gasteiger partial charge in [-0.3, -0.25) is 4.68 Å². The molecule has 1 aromatic heterocycles. The number of nitrogens with zero attached hydrogens (tertiary/aromatic N) is 2. The Morgan fingerprint density at radius 1 is 1.16 bits per heavy atom. The van der Waals surface area contributed by atoms with Crippen molar-refractivity contribution in [2.24, 2.45) is 7.05 Å². The summed E-state index contributed by atoms with van der Waals surface area (Å²) >= 11 is 0. The smallest absolute Gasteiger partial charge is 0.115 e. The van der Waals surface area contributed by atoms with Gasteiger partial charge in [0.2, 0.25) is 0 Å². The molecule has 0 fully saturated rings. The average molecular weight is 256 g/mol. The predicted octanol–water partition coefficient (Wildman–Crippen LogP) is 2.55. The van der Waals surface area contributed by atoms with Crippen LogP contribution < -0.4 is 0 Å². The van der Waals surface area contributed by atoms with Crippen LogP contribution in [0.15, 0.2) is 30.6 Å². The summed E-state index contributed by atoms with van der Waals surface area (Å²) in [7, 11) is 1.87. The van der Waals surface area contributed by atoms with E-state index >= 15 is 0 Å². The predicted molar refractivity (Wildman–Crippen MR) is 75.0 cm³/mol. The summed E-state index contributed by atoms with van der Waals surface area (Å²) in [6, 6.07) is 6.40. The third kappa shape index (κ3) is 2.19. The molecular weight excluding hydrogens is 236 g/mol. The van der Waals surface area contributed by atoms with Gasteiger partial charge in [-0.05, 0) is 49.3 Å². The Kier molecular flexibility index (Phi) is 2.94. The lowest BCUT2D eigenvalue weighted by molar-refractivity contribution is 0.102. The summed E-state index contributed by atoms with van der Waals surface area (Å²) in [5, 5.41) is 15.0. The van der Waals surface area contributed by atoms with Crippen molar-refractivity contribution in [1.29, 1.82) is 0 Å². The SMILES string of the molecule is Cn1cc(C(C)(O)c2ccc3c(c2)CCCC3)cn1. The van der Waals surface area contributed by atoms with Crippen molar-refractivity contribution in [1.82, 2.24) is 9.78 Å². The van der Waals surface area contributed by atoms with Crippen LogP contribution in [0.3, 0.4) is 0 Å². The minimum atomic E-state index is -0.971. The molecule has 0 aliphatic heterocycles. The highest BCUT2D eigenvalue weighted by atomic mass is 16.3. The minimum absolute atomic E-state index is 0.839. The van der Waals surface area contributed by atoms with Gasteiger partial charge in [0.05, 0.1) is 6.20 Å². The number of hydrogen-bond acceptors (Lipinski definition) is 2. The van der Waals surface area contributed by atoms with E-state index in [9.17, 15) is 5.11 Å². The summed E-state index contributed by atoms with van der Waals surface area (Å²) in [6.45, 7) is 1.84. The van der Waals surface area contributed by atoms with E-state index in [1.165, 1.54) is 30.4 Å². The number of fused-ring (bicyclic) bond motifs is 1. The van der Waals surface area contributed by atoms with E-state index in [4.69, 9.17) is 0 Å². The number of benzene rings is 1. The molecule has 0 spiro atoms. The van der Waals surface area contributed by atoms with Crippen molar-refractivity contribution in [3.05, 3.63) is 52.8 Å². The van der Waals surface area contributed by atoms with Gasteiger partial charge >= 0.3 is 0 Å². The van der Waals surface area contributed by atoms with Gasteiger partial charge in [0.1, 0.15) is 5.60 Å². The first kappa shape index (κ1) is 12.4. The highest BCUT2D eigenvalue weighted by Gasteiger charge is 2.28. The van der Waals surface area contributed by atoms with Crippen LogP contribution in [0.1, 0.15) is 42.0 Å². The number of aliphatic hydroxyl groups is 1. The Labute approximate surface area is 113 Å². The maximum Gasteiger partial charge on any atom is 0.115 e. The van der Waals surface area contributed by atoms with E-state index in [0.29, 0.717) is 0 Å². The van der Waals surface area contributed by atoms with Gasteiger partial charge in [-0.2, -0.15) is 5.10 Å². The van der Waals surface area contributed by atoms with Crippen molar-refractivity contribution in [2.45, 2.75) is 38.2 Å². The zero-order valence-corrected chi connectivity index (χ0v) is 11.6. The first-order valence-electron chi connectivity index (χ1n) is 6.91. The van der Waals surface area contributed by atoms with Crippen LogP contribution in [-0.2, 0) is 25.5 Å². The Balaban J connectivity index is 2.01. The van der Waals surface area contributed by atoms with Gasteiger partial charge in [0.25, 0.3) is 0 Å². The fourth-order valence-electron chi connectivity index (χ4n) is 2.88. The molecule has 1 N–H and O–H groups in total. The molecule has 100 valence electrons. The van der Waals surface area contributed by atoms with Crippen LogP contribution in [0, 0.1) is 0 Å². The normalized spacial score (nSPS) is 17.8. The van der Waals surface area contributed by atoms with Crippen molar-refractivity contribution in [2.75, 3.05) is 0 Å². The Bertz CT molecular complexity index is 599. The number of aryl methyl sites for hydroxylation is 3. The van der Waals surface area contributed by atoms with E-state index in [1.54, 1.807) is 10.9 Å². The summed E-state index contributed by atoms with van der Waals surface area (Å²) in [4.78, 5) is 0. The molecule has 1 aromatic carbocycles. The molecule has 3 nitrogen and oxygen atoms in total. The first-order chi connectivity index (χ1) is 9.07. The van der Waals surface area contributed by atoms with Gasteiger partial charge in [-0.25, -0.2) is 0 Å². The lowest BCUT2D eigenvalue weighted by Crippen LogP contribution is -2.23. The Hall–Kier alpha value is -1.61.